The Kier molecular flexibility index (Phi) is 4.95. The van der Waals surface area contributed by atoms with Gasteiger partial charge in [-0.05, 0) is 55.5 Å². The SMILES string of the molecule is Cc1ccc(S(=O)(=O)n2c3c(c4ccc(F)cc42)CN(c2nc4ccc(Cl)cc4s2)CC3)cc1. The Bertz CT molecular complexity index is 1690. The van der Waals surface area contributed by atoms with Crippen LogP contribution in [0, 0.1) is 12.7 Å². The number of rotatable bonds is 3. The minimum Gasteiger partial charge on any atom is -0.343 e. The molecule has 9 heteroatoms. The first-order valence-corrected chi connectivity index (χ1v) is 13.4. The van der Waals surface area contributed by atoms with Gasteiger partial charge in [-0.2, -0.15) is 0 Å². The highest BCUT2D eigenvalue weighted by Gasteiger charge is 2.31. The van der Waals surface area contributed by atoms with E-state index < -0.39 is 15.8 Å². The first-order chi connectivity index (χ1) is 16.3. The largest absolute Gasteiger partial charge is 0.343 e. The first-order valence-electron chi connectivity index (χ1n) is 10.8. The highest BCUT2D eigenvalue weighted by atomic mass is 35.5. The third-order valence-electron chi connectivity index (χ3n) is 6.23. The molecule has 0 saturated carbocycles. The van der Waals surface area contributed by atoms with E-state index in [0.29, 0.717) is 35.7 Å². The Morgan fingerprint density at radius 1 is 1.06 bits per heavy atom. The van der Waals surface area contributed by atoms with Crippen LogP contribution in [0.15, 0.2) is 65.6 Å². The molecule has 2 aromatic heterocycles. The van der Waals surface area contributed by atoms with Gasteiger partial charge in [-0.15, -0.1) is 0 Å². The molecule has 0 bridgehead atoms. The third-order valence-corrected chi connectivity index (χ3v) is 9.31. The fourth-order valence-corrected chi connectivity index (χ4v) is 7.43. The van der Waals surface area contributed by atoms with E-state index in [-0.39, 0.29) is 4.90 Å². The van der Waals surface area contributed by atoms with Gasteiger partial charge in [-0.25, -0.2) is 21.8 Å². The van der Waals surface area contributed by atoms with E-state index in [1.165, 1.54) is 16.1 Å². The van der Waals surface area contributed by atoms with Crippen molar-refractivity contribution in [3.05, 3.63) is 88.3 Å². The van der Waals surface area contributed by atoms with Crippen LogP contribution in [0.4, 0.5) is 9.52 Å². The number of aromatic nitrogens is 2. The molecule has 0 amide bonds. The molecule has 1 aliphatic heterocycles. The molecule has 3 heterocycles. The third kappa shape index (κ3) is 3.40. The van der Waals surface area contributed by atoms with E-state index in [2.05, 4.69) is 4.90 Å². The Balaban J connectivity index is 1.50. The predicted octanol–water partition coefficient (Wildman–Crippen LogP) is 6.15. The zero-order valence-electron chi connectivity index (χ0n) is 18.1. The zero-order chi connectivity index (χ0) is 23.6. The monoisotopic (exact) mass is 511 g/mol. The minimum atomic E-state index is -3.90. The van der Waals surface area contributed by atoms with Crippen molar-refractivity contribution < 1.29 is 12.8 Å². The van der Waals surface area contributed by atoms with Gasteiger partial charge in [0.1, 0.15) is 5.82 Å². The van der Waals surface area contributed by atoms with E-state index in [4.69, 9.17) is 16.6 Å². The summed E-state index contributed by atoms with van der Waals surface area (Å²) < 4.78 is 44.0. The van der Waals surface area contributed by atoms with Crippen LogP contribution < -0.4 is 4.90 Å². The molecule has 6 rings (SSSR count). The van der Waals surface area contributed by atoms with Gasteiger partial charge in [0.25, 0.3) is 10.0 Å². The molecule has 5 nitrogen and oxygen atoms in total. The fourth-order valence-electron chi connectivity index (χ4n) is 4.57. The summed E-state index contributed by atoms with van der Waals surface area (Å²) in [7, 11) is -3.90. The molecular formula is C25H19ClFN3O2S2. The second-order valence-electron chi connectivity index (χ2n) is 8.45. The maximum absolute atomic E-state index is 14.3. The maximum atomic E-state index is 14.3. The van der Waals surface area contributed by atoms with Crippen molar-refractivity contribution in [2.75, 3.05) is 11.4 Å². The molecule has 0 saturated heterocycles. The van der Waals surface area contributed by atoms with Crippen molar-refractivity contribution in [3.8, 4) is 0 Å². The van der Waals surface area contributed by atoms with Crippen LogP contribution >= 0.6 is 22.9 Å². The molecule has 0 N–H and O–H groups in total. The summed E-state index contributed by atoms with van der Waals surface area (Å²) in [6.45, 7) is 2.99. The van der Waals surface area contributed by atoms with Crippen LogP contribution in [0.2, 0.25) is 5.02 Å². The zero-order valence-corrected chi connectivity index (χ0v) is 20.5. The Morgan fingerprint density at radius 2 is 1.85 bits per heavy atom. The first kappa shape index (κ1) is 21.6. The van der Waals surface area contributed by atoms with Crippen molar-refractivity contribution in [1.29, 1.82) is 0 Å². The van der Waals surface area contributed by atoms with Crippen LogP contribution in [0.1, 0.15) is 16.8 Å². The number of hydrogen-bond acceptors (Lipinski definition) is 5. The number of benzene rings is 3. The number of thiazole rings is 1. The fraction of sp³-hybridized carbons (Fsp3) is 0.160. The lowest BCUT2D eigenvalue weighted by molar-refractivity contribution is 0.584. The lowest BCUT2D eigenvalue weighted by atomic mass is 10.1. The lowest BCUT2D eigenvalue weighted by Crippen LogP contribution is -2.31. The van der Waals surface area contributed by atoms with Gasteiger partial charge in [0, 0.05) is 41.2 Å². The minimum absolute atomic E-state index is 0.188. The highest BCUT2D eigenvalue weighted by Crippen LogP contribution is 2.38. The number of halogens is 2. The molecule has 0 radical (unpaired) electrons. The van der Waals surface area contributed by atoms with E-state index in [1.807, 2.05) is 25.1 Å². The number of anilines is 1. The van der Waals surface area contributed by atoms with Crippen molar-refractivity contribution in [3.63, 3.8) is 0 Å². The van der Waals surface area contributed by atoms with Crippen LogP contribution in [0.3, 0.4) is 0 Å². The second-order valence-corrected chi connectivity index (χ2v) is 11.7. The summed E-state index contributed by atoms with van der Waals surface area (Å²) in [6.07, 6.45) is 0.493. The average molecular weight is 512 g/mol. The Hall–Kier alpha value is -2.94. The quantitative estimate of drug-likeness (QED) is 0.291. The smallest absolute Gasteiger partial charge is 0.268 e. The topological polar surface area (TPSA) is 55.2 Å². The summed E-state index contributed by atoms with van der Waals surface area (Å²) in [4.78, 5) is 7.09. The number of nitrogens with zero attached hydrogens (tertiary/aromatic N) is 3. The average Bonchev–Trinajstić information content (AvgIpc) is 3.37. The normalized spacial score (nSPS) is 14.1. The second kappa shape index (κ2) is 7.80. The summed E-state index contributed by atoms with van der Waals surface area (Å²) >= 11 is 7.69. The molecule has 172 valence electrons. The summed E-state index contributed by atoms with van der Waals surface area (Å²) in [5.74, 6) is -0.470. The molecule has 0 fully saturated rings. The van der Waals surface area contributed by atoms with Crippen molar-refractivity contribution >= 4 is 59.2 Å². The van der Waals surface area contributed by atoms with E-state index >= 15 is 0 Å². The van der Waals surface area contributed by atoms with Crippen LogP contribution in [0.5, 0.6) is 0 Å². The van der Waals surface area contributed by atoms with Crippen molar-refractivity contribution in [2.45, 2.75) is 24.8 Å². The molecule has 5 aromatic rings. The molecule has 0 spiro atoms. The maximum Gasteiger partial charge on any atom is 0.268 e. The van der Waals surface area contributed by atoms with E-state index in [1.54, 1.807) is 41.7 Å². The van der Waals surface area contributed by atoms with Gasteiger partial charge in [0.2, 0.25) is 0 Å². The van der Waals surface area contributed by atoms with Crippen LogP contribution in [-0.4, -0.2) is 23.9 Å². The molecule has 0 atom stereocenters. The van der Waals surface area contributed by atoms with Gasteiger partial charge >= 0.3 is 0 Å². The predicted molar refractivity (Wildman–Crippen MR) is 135 cm³/mol. The molecule has 34 heavy (non-hydrogen) atoms. The lowest BCUT2D eigenvalue weighted by Gasteiger charge is -2.27. The van der Waals surface area contributed by atoms with Crippen molar-refractivity contribution in [2.24, 2.45) is 0 Å². The van der Waals surface area contributed by atoms with Gasteiger partial charge in [-0.1, -0.05) is 40.6 Å². The van der Waals surface area contributed by atoms with Gasteiger partial charge in [0.05, 0.1) is 20.6 Å². The van der Waals surface area contributed by atoms with Crippen LogP contribution in [-0.2, 0) is 23.0 Å². The van der Waals surface area contributed by atoms with Gasteiger partial charge in [-0.3, -0.25) is 0 Å². The summed E-state index contributed by atoms with van der Waals surface area (Å²) in [6, 6.07) is 16.7. The molecular weight excluding hydrogens is 493 g/mol. The Morgan fingerprint density at radius 3 is 2.65 bits per heavy atom. The highest BCUT2D eigenvalue weighted by molar-refractivity contribution is 7.90. The molecule has 0 aliphatic carbocycles. The molecule has 1 aliphatic rings. The van der Waals surface area contributed by atoms with Crippen molar-refractivity contribution in [1.82, 2.24) is 8.96 Å². The molecule has 3 aromatic carbocycles. The summed E-state index contributed by atoms with van der Waals surface area (Å²) in [5.41, 5.74) is 3.79. The number of hydrogen-bond donors (Lipinski definition) is 0. The summed E-state index contributed by atoms with van der Waals surface area (Å²) in [5, 5.41) is 2.25. The van der Waals surface area contributed by atoms with E-state index in [9.17, 15) is 12.8 Å². The van der Waals surface area contributed by atoms with Gasteiger partial charge < -0.3 is 4.90 Å². The standard InChI is InChI=1S/C25H19ClFN3O2S2/c1-15-2-6-18(7-3-15)34(31,32)30-22-10-11-29(14-20(22)19-8-5-17(27)13-23(19)30)25-28-21-9-4-16(26)12-24(21)33-25/h2-9,12-13H,10-11,14H2,1H3. The van der Waals surface area contributed by atoms with Gasteiger partial charge in [0.15, 0.2) is 5.13 Å². The molecule has 0 unspecified atom stereocenters. The number of aryl methyl sites for hydroxylation is 1. The van der Waals surface area contributed by atoms with E-state index in [0.717, 1.165) is 31.9 Å². The Labute approximate surface area is 205 Å². The number of fused-ring (bicyclic) bond motifs is 4. The van der Waals surface area contributed by atoms with Crippen LogP contribution in [0.25, 0.3) is 21.1 Å².